The van der Waals surface area contributed by atoms with Crippen LogP contribution in [0.15, 0.2) is 67.8 Å². The third kappa shape index (κ3) is 13.0. The van der Waals surface area contributed by atoms with Crippen LogP contribution in [-0.4, -0.2) is 132 Å². The maximum absolute atomic E-state index is 14.3. The lowest BCUT2D eigenvalue weighted by Crippen LogP contribution is -2.58. The molecule has 2 saturated heterocycles. The standard InChI is InChI=1S/C62H90N13O14P/c1-29-20-40-41(21-30(29)2)75(28-70-40)56-52(84)53(42(27-76)87-56)89-90(85,86)88-31(3)26-69-49(83)19-15-36-50-32(4)54-58(6,7)34(12-16-43(63)77)38(71-54)22-39-35(13-17-44(64)78)59(8,23-46(66)80)55(72-39)33(5)51-37(14-18-45(65)79)61(10,25-48(68)82)62(11,74-51)57(73-50)60(36,9)24-47(67)81/h20-22,28,31,34-37,42,52-53,56-57,72,76,84H,12-19,23-27H2,1-11H3,(H2,63,77)(H2,64,78)(H2,65,79)(H2,66,80)(H2,67,81)(H2,68,82)(H,69,83)(H,85,86). The highest BCUT2D eigenvalue weighted by atomic mass is 31.2. The second-order valence-corrected chi connectivity index (χ2v) is 28.5. The summed E-state index contributed by atoms with van der Waals surface area (Å²) in [6.45, 7) is 19.2. The van der Waals surface area contributed by atoms with E-state index in [2.05, 4.69) is 15.6 Å². The van der Waals surface area contributed by atoms with Crippen LogP contribution in [0, 0.1) is 59.2 Å². The van der Waals surface area contributed by atoms with Gasteiger partial charge in [0.2, 0.25) is 41.4 Å². The topological polar surface area (TPSA) is 460 Å². The van der Waals surface area contributed by atoms with Crippen LogP contribution in [0.4, 0.5) is 0 Å². The van der Waals surface area contributed by atoms with Gasteiger partial charge in [-0.1, -0.05) is 34.6 Å². The van der Waals surface area contributed by atoms with Crippen LogP contribution >= 0.6 is 7.82 Å². The van der Waals surface area contributed by atoms with Gasteiger partial charge < -0.3 is 69.4 Å². The molecular formula is C62H90N13O14P. The number of rotatable bonds is 26. The van der Waals surface area contributed by atoms with E-state index in [0.29, 0.717) is 56.4 Å². The number of ether oxygens (including phenoxy) is 1. The zero-order valence-electron chi connectivity index (χ0n) is 53.3. The minimum absolute atomic E-state index is 0.0114. The van der Waals surface area contributed by atoms with Crippen molar-refractivity contribution in [2.45, 2.75) is 189 Å². The van der Waals surface area contributed by atoms with E-state index >= 15 is 0 Å². The summed E-state index contributed by atoms with van der Waals surface area (Å²) in [6, 6.07) is 2.69. The average Bonchev–Trinajstić information content (AvgIpc) is 1.54. The Morgan fingerprint density at radius 2 is 1.34 bits per heavy atom. The number of aliphatic imine (C=N–C) groups is 3. The number of allylic oxidation sites excluding steroid dienone is 6. The van der Waals surface area contributed by atoms with E-state index in [0.717, 1.165) is 11.1 Å². The molecule has 28 heteroatoms. The highest BCUT2D eigenvalue weighted by Crippen LogP contribution is 2.63. The molecule has 17 N–H and O–H groups in total. The number of primary amides is 6. The number of amides is 7. The average molecular weight is 1270 g/mol. The van der Waals surface area contributed by atoms with Crippen molar-refractivity contribution in [1.82, 2.24) is 20.2 Å². The summed E-state index contributed by atoms with van der Waals surface area (Å²) in [5.41, 5.74) is 37.3. The molecule has 27 nitrogen and oxygen atoms in total. The summed E-state index contributed by atoms with van der Waals surface area (Å²) in [5, 5.41) is 28.2. The minimum Gasteiger partial charge on any atom is -0.394 e. The van der Waals surface area contributed by atoms with Crippen molar-refractivity contribution < 1.29 is 67.0 Å². The summed E-state index contributed by atoms with van der Waals surface area (Å²) >= 11 is 0. The number of phosphoric acid groups is 1. The number of aliphatic hydroxyl groups is 2. The number of nitrogens with one attached hydrogen (secondary N) is 2. The molecule has 2 aromatic rings. The SMILES string of the molecule is CC1=C2N=C(C=C3NC(=C(C)C4=NC(C)(C5N=C1C(CCC(=O)NCC(C)OP(=O)(O)OC1C(CO)OC(n6cnc7cc(C)c(C)cc76)C1O)C5(C)CC(N)=O)C(C)(CC(N)=O)C4CCC(N)=O)C(C)(CC(N)=O)C3CCC(N)=O)C(CCC(N)=O)C2(C)C. The van der Waals surface area contributed by atoms with Gasteiger partial charge in [-0.05, 0) is 108 Å². The molecule has 6 aliphatic heterocycles. The number of hydrogen-bond acceptors (Lipinski definition) is 18. The largest absolute Gasteiger partial charge is 0.472 e. The first-order chi connectivity index (χ1) is 41.8. The number of aromatic nitrogens is 2. The number of aryl methyl sites for hydroxylation is 2. The van der Waals surface area contributed by atoms with Crippen LogP contribution in [0.2, 0.25) is 0 Å². The van der Waals surface area contributed by atoms with Crippen LogP contribution in [0.1, 0.15) is 150 Å². The molecule has 15 atom stereocenters. The highest BCUT2D eigenvalue weighted by Gasteiger charge is 2.67. The third-order valence-corrected chi connectivity index (χ3v) is 21.6. The highest BCUT2D eigenvalue weighted by molar-refractivity contribution is 7.47. The van der Waals surface area contributed by atoms with Crippen molar-refractivity contribution in [3.63, 3.8) is 0 Å². The third-order valence-electron chi connectivity index (χ3n) is 20.5. The Morgan fingerprint density at radius 1 is 0.767 bits per heavy atom. The minimum atomic E-state index is -5.06. The number of nitrogens with zero attached hydrogens (tertiary/aromatic N) is 5. The van der Waals surface area contributed by atoms with Crippen molar-refractivity contribution in [2.24, 2.45) is 94.7 Å². The van der Waals surface area contributed by atoms with Crippen molar-refractivity contribution >= 4 is 77.3 Å². The van der Waals surface area contributed by atoms with Crippen LogP contribution in [0.3, 0.4) is 0 Å². The predicted octanol–water partition coefficient (Wildman–Crippen LogP) is 3.16. The van der Waals surface area contributed by atoms with E-state index in [4.69, 9.17) is 63.2 Å². The number of hydrogen-bond donors (Lipinski definition) is 11. The van der Waals surface area contributed by atoms with Gasteiger partial charge in [0, 0.05) is 125 Å². The Morgan fingerprint density at radius 3 is 1.93 bits per heavy atom. The van der Waals surface area contributed by atoms with Gasteiger partial charge in [-0.15, -0.1) is 0 Å². The van der Waals surface area contributed by atoms with E-state index in [-0.39, 0.29) is 77.2 Å². The molecule has 0 saturated carbocycles. The van der Waals surface area contributed by atoms with E-state index in [1.54, 1.807) is 4.57 Å². The summed E-state index contributed by atoms with van der Waals surface area (Å²) < 4.78 is 32.3. The van der Waals surface area contributed by atoms with Crippen LogP contribution in [0.5, 0.6) is 0 Å². The van der Waals surface area contributed by atoms with E-state index in [9.17, 15) is 53.2 Å². The molecular weight excluding hydrogens is 1180 g/mol. The van der Waals surface area contributed by atoms with E-state index < -0.39 is 143 Å². The van der Waals surface area contributed by atoms with Crippen molar-refractivity contribution in [3.8, 4) is 0 Å². The number of nitrogens with two attached hydrogens (primary N) is 6. The second-order valence-electron chi connectivity index (χ2n) is 27.1. The van der Waals surface area contributed by atoms with Crippen LogP contribution in [-0.2, 0) is 51.9 Å². The number of fused-ring (bicyclic) bond motifs is 7. The maximum atomic E-state index is 14.3. The number of imidazole rings is 1. The van der Waals surface area contributed by atoms with Gasteiger partial charge >= 0.3 is 7.82 Å². The first-order valence-electron chi connectivity index (χ1n) is 30.6. The van der Waals surface area contributed by atoms with Crippen molar-refractivity contribution in [1.29, 1.82) is 0 Å². The smallest absolute Gasteiger partial charge is 0.394 e. The maximum Gasteiger partial charge on any atom is 0.472 e. The molecule has 7 amide bonds. The summed E-state index contributed by atoms with van der Waals surface area (Å²) in [7, 11) is -5.06. The quantitative estimate of drug-likeness (QED) is 0.0603. The number of phosphoric ester groups is 1. The van der Waals surface area contributed by atoms with Crippen molar-refractivity contribution in [3.05, 3.63) is 63.9 Å². The Kier molecular flexibility index (Phi) is 19.6. The molecule has 6 aliphatic rings. The lowest BCUT2D eigenvalue weighted by atomic mass is 9.54. The molecule has 7 heterocycles. The molecule has 90 heavy (non-hydrogen) atoms. The Hall–Kier alpha value is -7.00. The first-order valence-corrected chi connectivity index (χ1v) is 32.1. The molecule has 0 radical (unpaired) electrons. The van der Waals surface area contributed by atoms with E-state index in [1.807, 2.05) is 87.4 Å². The molecule has 492 valence electrons. The van der Waals surface area contributed by atoms with Crippen LogP contribution < -0.4 is 45.0 Å². The number of aliphatic hydroxyl groups excluding tert-OH is 2. The molecule has 2 fully saturated rings. The predicted molar refractivity (Wildman–Crippen MR) is 334 cm³/mol. The Bertz CT molecular complexity index is 3540. The normalized spacial score (nSPS) is 32.0. The van der Waals surface area contributed by atoms with Crippen LogP contribution in [0.25, 0.3) is 11.0 Å². The fourth-order valence-corrected chi connectivity index (χ4v) is 16.9. The van der Waals surface area contributed by atoms with Gasteiger partial charge in [0.15, 0.2) is 6.23 Å². The van der Waals surface area contributed by atoms with Gasteiger partial charge in [-0.3, -0.25) is 57.6 Å². The summed E-state index contributed by atoms with van der Waals surface area (Å²) in [5.74, 6) is -7.06. The van der Waals surface area contributed by atoms with Gasteiger partial charge in [0.25, 0.3) is 0 Å². The van der Waals surface area contributed by atoms with Gasteiger partial charge in [-0.2, -0.15) is 0 Å². The van der Waals surface area contributed by atoms with Crippen molar-refractivity contribution in [2.75, 3.05) is 13.2 Å². The van der Waals surface area contributed by atoms with Gasteiger partial charge in [-0.25, -0.2) is 9.55 Å². The lowest BCUT2D eigenvalue weighted by Gasteiger charge is -2.50. The van der Waals surface area contributed by atoms with Gasteiger partial charge in [0.05, 0.1) is 47.3 Å². The molecule has 15 unspecified atom stereocenters. The van der Waals surface area contributed by atoms with Gasteiger partial charge in [0.1, 0.15) is 18.3 Å². The zero-order valence-corrected chi connectivity index (χ0v) is 54.1. The monoisotopic (exact) mass is 1270 g/mol. The molecule has 0 spiro atoms. The molecule has 8 bridgehead atoms. The van der Waals surface area contributed by atoms with E-state index in [1.165, 1.54) is 13.3 Å². The number of carbonyl (C=O) groups excluding carboxylic acids is 7. The Labute approximate surface area is 523 Å². The number of benzene rings is 1. The Balaban J connectivity index is 1.19. The lowest BCUT2D eigenvalue weighted by molar-refractivity contribution is -0.125. The molecule has 1 aromatic carbocycles. The zero-order chi connectivity index (χ0) is 66.7. The molecule has 1 aromatic heterocycles. The molecule has 8 rings (SSSR count). The molecule has 0 aliphatic carbocycles. The first kappa shape index (κ1) is 68.9. The summed E-state index contributed by atoms with van der Waals surface area (Å²) in [6.07, 6.45) is -4.22. The fourth-order valence-electron chi connectivity index (χ4n) is 15.8. The number of carbonyl (C=O) groups is 7. The fraction of sp³-hybridized carbons (Fsp3) is 0.629. The summed E-state index contributed by atoms with van der Waals surface area (Å²) in [4.78, 5) is 126. The second kappa shape index (κ2) is 25.6.